The Balaban J connectivity index is 0.00000169. The first-order valence-corrected chi connectivity index (χ1v) is 8.66. The molecule has 1 N–H and O–H groups in total. The van der Waals surface area contributed by atoms with E-state index in [0.717, 1.165) is 39.0 Å². The second kappa shape index (κ2) is 7.19. The van der Waals surface area contributed by atoms with Crippen LogP contribution in [-0.4, -0.2) is 50.2 Å². The van der Waals surface area contributed by atoms with Gasteiger partial charge >= 0.3 is 0 Å². The number of rotatable bonds is 1. The first-order valence-electron chi connectivity index (χ1n) is 8.66. The van der Waals surface area contributed by atoms with Crippen LogP contribution in [0.3, 0.4) is 0 Å². The Morgan fingerprint density at radius 2 is 1.75 bits per heavy atom. The lowest BCUT2D eigenvalue weighted by atomic mass is 9.71. The molecule has 2 saturated heterocycles. The molecule has 0 aromatic heterocycles. The summed E-state index contributed by atoms with van der Waals surface area (Å²) in [6, 6.07) is 5.59. The molecule has 0 bridgehead atoms. The Morgan fingerprint density at radius 3 is 2.50 bits per heavy atom. The number of nitrogens with zero attached hydrogens (tertiary/aromatic N) is 1. The summed E-state index contributed by atoms with van der Waals surface area (Å²) in [6.45, 7) is 4.99. The summed E-state index contributed by atoms with van der Waals surface area (Å²) < 4.78 is 11.3. The SMILES string of the molecule is Cl.O=C(c1cccc2c1OCCO2)N1CCC2(CCNCC2)CC1. The normalized spacial score (nSPS) is 21.9. The standard InChI is InChI=1S/C18H24N2O3.ClH/c21-17(14-2-1-3-15-16(14)23-13-12-22-15)20-10-6-18(7-11-20)4-8-19-9-5-18;/h1-3,19H,4-13H2;1H. The van der Waals surface area contributed by atoms with E-state index in [9.17, 15) is 4.79 Å². The molecule has 6 heteroatoms. The second-order valence-corrected chi connectivity index (χ2v) is 6.87. The van der Waals surface area contributed by atoms with Crippen LogP contribution in [0.2, 0.25) is 0 Å². The molecule has 0 radical (unpaired) electrons. The Labute approximate surface area is 149 Å². The topological polar surface area (TPSA) is 50.8 Å². The van der Waals surface area contributed by atoms with Gasteiger partial charge in [-0.25, -0.2) is 0 Å². The monoisotopic (exact) mass is 352 g/mol. The number of amides is 1. The number of carbonyl (C=O) groups is 1. The van der Waals surface area contributed by atoms with Crippen LogP contribution in [0.4, 0.5) is 0 Å². The number of nitrogens with one attached hydrogen (secondary N) is 1. The van der Waals surface area contributed by atoms with Gasteiger partial charge in [0, 0.05) is 13.1 Å². The van der Waals surface area contributed by atoms with Gasteiger partial charge in [-0.05, 0) is 56.3 Å². The summed E-state index contributed by atoms with van der Waals surface area (Å²) in [5.74, 6) is 1.39. The van der Waals surface area contributed by atoms with Crippen LogP contribution in [0, 0.1) is 5.41 Å². The fraction of sp³-hybridized carbons (Fsp3) is 0.611. The Kier molecular flexibility index (Phi) is 5.21. The molecule has 1 amide bonds. The first kappa shape index (κ1) is 17.4. The molecular formula is C18H25ClN2O3. The molecule has 0 aliphatic carbocycles. The van der Waals surface area contributed by atoms with Crippen LogP contribution in [0.1, 0.15) is 36.0 Å². The maximum atomic E-state index is 12.9. The molecule has 3 aliphatic rings. The first-order chi connectivity index (χ1) is 11.3. The molecular weight excluding hydrogens is 328 g/mol. The number of carbonyl (C=O) groups excluding carboxylic acids is 1. The number of piperidine rings is 2. The van der Waals surface area contributed by atoms with Gasteiger partial charge in [-0.1, -0.05) is 6.07 Å². The molecule has 5 nitrogen and oxygen atoms in total. The third-order valence-electron chi connectivity index (χ3n) is 5.57. The minimum absolute atomic E-state index is 0. The zero-order valence-corrected chi connectivity index (χ0v) is 14.7. The number of likely N-dealkylation sites (tertiary alicyclic amines) is 1. The van der Waals surface area contributed by atoms with Crippen LogP contribution >= 0.6 is 12.4 Å². The summed E-state index contributed by atoms with van der Waals surface area (Å²) in [5, 5.41) is 3.44. The summed E-state index contributed by atoms with van der Waals surface area (Å²) in [5.41, 5.74) is 1.10. The molecule has 24 heavy (non-hydrogen) atoms. The number of para-hydroxylation sites is 1. The average Bonchev–Trinajstić information content (AvgIpc) is 2.62. The van der Waals surface area contributed by atoms with Crippen molar-refractivity contribution in [2.45, 2.75) is 25.7 Å². The molecule has 3 aliphatic heterocycles. The summed E-state index contributed by atoms with van der Waals surface area (Å²) >= 11 is 0. The number of hydrogen-bond donors (Lipinski definition) is 1. The molecule has 1 spiro atoms. The lowest BCUT2D eigenvalue weighted by Gasteiger charge is -2.44. The number of ether oxygens (including phenoxy) is 2. The van der Waals surface area contributed by atoms with E-state index in [2.05, 4.69) is 5.32 Å². The largest absolute Gasteiger partial charge is 0.486 e. The van der Waals surface area contributed by atoms with Crippen molar-refractivity contribution in [2.24, 2.45) is 5.41 Å². The van der Waals surface area contributed by atoms with Crippen LogP contribution in [0.25, 0.3) is 0 Å². The van der Waals surface area contributed by atoms with Crippen molar-refractivity contribution in [2.75, 3.05) is 39.4 Å². The van der Waals surface area contributed by atoms with Crippen molar-refractivity contribution in [3.8, 4) is 11.5 Å². The third-order valence-corrected chi connectivity index (χ3v) is 5.57. The van der Waals surface area contributed by atoms with Crippen LogP contribution in [0.15, 0.2) is 18.2 Å². The second-order valence-electron chi connectivity index (χ2n) is 6.87. The molecule has 3 heterocycles. The summed E-state index contributed by atoms with van der Waals surface area (Å²) in [6.07, 6.45) is 4.72. The van der Waals surface area contributed by atoms with Gasteiger partial charge in [0.2, 0.25) is 0 Å². The zero-order chi connectivity index (χ0) is 15.7. The van der Waals surface area contributed by atoms with E-state index in [-0.39, 0.29) is 18.3 Å². The lowest BCUT2D eigenvalue weighted by molar-refractivity contribution is 0.0489. The summed E-state index contributed by atoms with van der Waals surface area (Å²) in [4.78, 5) is 14.9. The van der Waals surface area contributed by atoms with E-state index < -0.39 is 0 Å². The molecule has 4 rings (SSSR count). The molecule has 0 atom stereocenters. The van der Waals surface area contributed by atoms with Crippen molar-refractivity contribution in [3.05, 3.63) is 23.8 Å². The maximum Gasteiger partial charge on any atom is 0.257 e. The van der Waals surface area contributed by atoms with E-state index in [1.54, 1.807) is 0 Å². The Morgan fingerprint density at radius 1 is 1.04 bits per heavy atom. The van der Waals surface area contributed by atoms with Gasteiger partial charge in [0.15, 0.2) is 11.5 Å². The van der Waals surface area contributed by atoms with Crippen molar-refractivity contribution < 1.29 is 14.3 Å². The van der Waals surface area contributed by atoms with Crippen molar-refractivity contribution in [1.82, 2.24) is 10.2 Å². The van der Waals surface area contributed by atoms with Crippen molar-refractivity contribution in [1.29, 1.82) is 0 Å². The van der Waals surface area contributed by atoms with Crippen molar-refractivity contribution >= 4 is 18.3 Å². The van der Waals surface area contributed by atoms with E-state index in [1.165, 1.54) is 12.8 Å². The highest BCUT2D eigenvalue weighted by Gasteiger charge is 2.37. The highest BCUT2D eigenvalue weighted by molar-refractivity contribution is 5.98. The van der Waals surface area contributed by atoms with E-state index in [4.69, 9.17) is 9.47 Å². The Hall–Kier alpha value is -1.46. The van der Waals surface area contributed by atoms with Crippen LogP contribution in [0.5, 0.6) is 11.5 Å². The molecule has 1 aromatic carbocycles. The molecule has 132 valence electrons. The Bertz CT molecular complexity index is 592. The molecule has 0 saturated carbocycles. The predicted octanol–water partition coefficient (Wildman–Crippen LogP) is 2.49. The van der Waals surface area contributed by atoms with E-state index in [1.807, 2.05) is 23.1 Å². The van der Waals surface area contributed by atoms with Gasteiger partial charge in [0.25, 0.3) is 5.91 Å². The molecule has 2 fully saturated rings. The quantitative estimate of drug-likeness (QED) is 0.843. The number of hydrogen-bond acceptors (Lipinski definition) is 4. The third kappa shape index (κ3) is 3.20. The smallest absolute Gasteiger partial charge is 0.257 e. The van der Waals surface area contributed by atoms with Gasteiger partial charge < -0.3 is 19.7 Å². The highest BCUT2D eigenvalue weighted by Crippen LogP contribution is 2.40. The predicted molar refractivity (Wildman–Crippen MR) is 94.4 cm³/mol. The van der Waals surface area contributed by atoms with Crippen molar-refractivity contribution in [3.63, 3.8) is 0 Å². The molecule has 1 aromatic rings. The van der Waals surface area contributed by atoms with E-state index in [0.29, 0.717) is 35.7 Å². The average molecular weight is 353 g/mol. The lowest BCUT2D eigenvalue weighted by Crippen LogP contribution is -2.47. The number of fused-ring (bicyclic) bond motifs is 1. The molecule has 0 unspecified atom stereocenters. The fourth-order valence-electron chi connectivity index (χ4n) is 4.05. The van der Waals surface area contributed by atoms with Gasteiger partial charge in [-0.2, -0.15) is 0 Å². The number of benzene rings is 1. The van der Waals surface area contributed by atoms with Crippen LogP contribution in [-0.2, 0) is 0 Å². The van der Waals surface area contributed by atoms with E-state index >= 15 is 0 Å². The van der Waals surface area contributed by atoms with Gasteiger partial charge in [-0.3, -0.25) is 4.79 Å². The fourth-order valence-corrected chi connectivity index (χ4v) is 4.05. The maximum absolute atomic E-state index is 12.9. The minimum atomic E-state index is 0. The summed E-state index contributed by atoms with van der Waals surface area (Å²) in [7, 11) is 0. The van der Waals surface area contributed by atoms with Crippen LogP contribution < -0.4 is 14.8 Å². The van der Waals surface area contributed by atoms with Gasteiger partial charge in [0.1, 0.15) is 13.2 Å². The zero-order valence-electron chi connectivity index (χ0n) is 13.9. The highest BCUT2D eigenvalue weighted by atomic mass is 35.5. The minimum Gasteiger partial charge on any atom is -0.486 e. The van der Waals surface area contributed by atoms with Gasteiger partial charge in [-0.15, -0.1) is 12.4 Å². The van der Waals surface area contributed by atoms with Gasteiger partial charge in [0.05, 0.1) is 5.56 Å². The number of halogens is 1.